The van der Waals surface area contributed by atoms with Crippen molar-refractivity contribution in [1.82, 2.24) is 15.6 Å². The minimum absolute atomic E-state index is 0.107. The van der Waals surface area contributed by atoms with Gasteiger partial charge in [0.2, 0.25) is 0 Å². The molecule has 0 aliphatic rings. The Morgan fingerprint density at radius 3 is 3.11 bits per heavy atom. The molecule has 1 unspecified atom stereocenters. The van der Waals surface area contributed by atoms with Crippen molar-refractivity contribution in [2.24, 2.45) is 0 Å². The smallest absolute Gasteiger partial charge is 0.314 e. The van der Waals surface area contributed by atoms with Crippen LogP contribution in [-0.2, 0) is 6.42 Å². The lowest BCUT2D eigenvalue weighted by Crippen LogP contribution is -2.38. The Morgan fingerprint density at radius 1 is 1.53 bits per heavy atom. The highest BCUT2D eigenvalue weighted by Crippen LogP contribution is 2.11. The maximum atomic E-state index is 11.5. The molecule has 0 saturated carbocycles. The molecule has 0 aliphatic heterocycles. The summed E-state index contributed by atoms with van der Waals surface area (Å²) in [6.07, 6.45) is 1.34. The van der Waals surface area contributed by atoms with Crippen LogP contribution in [-0.4, -0.2) is 29.2 Å². The Bertz CT molecular complexity index is 484. The first-order valence-corrected chi connectivity index (χ1v) is 6.80. The zero-order valence-corrected chi connectivity index (χ0v) is 11.0. The Hall–Kier alpha value is -1.86. The van der Waals surface area contributed by atoms with Gasteiger partial charge in [-0.15, -0.1) is 11.3 Å². The second-order valence-corrected chi connectivity index (χ2v) is 4.62. The summed E-state index contributed by atoms with van der Waals surface area (Å²) in [5.41, 5.74) is 2.72. The number of nitrogens with one attached hydrogen (secondary N) is 2. The van der Waals surface area contributed by atoms with E-state index < -0.39 is 6.10 Å². The predicted molar refractivity (Wildman–Crippen MR) is 70.9 cm³/mol. The van der Waals surface area contributed by atoms with Gasteiger partial charge in [0.1, 0.15) is 11.9 Å². The van der Waals surface area contributed by atoms with Crippen molar-refractivity contribution < 1.29 is 14.3 Å². The van der Waals surface area contributed by atoms with E-state index in [2.05, 4.69) is 15.6 Å². The van der Waals surface area contributed by atoms with Crippen molar-refractivity contribution in [2.45, 2.75) is 12.5 Å². The molecule has 2 heterocycles. The summed E-state index contributed by atoms with van der Waals surface area (Å²) in [6.45, 7) is 0.614. The quantitative estimate of drug-likeness (QED) is 0.745. The maximum absolute atomic E-state index is 11.5. The summed E-state index contributed by atoms with van der Waals surface area (Å²) in [4.78, 5) is 15.6. The standard InChI is InChI=1S/C12H15N3O3S/c16-10(11-2-1-5-18-11)6-14-12(17)13-4-3-9-7-19-8-15-9/h1-2,5,7-8,10,16H,3-4,6H2,(H2,13,14,17). The van der Waals surface area contributed by atoms with Gasteiger partial charge in [-0.3, -0.25) is 0 Å². The van der Waals surface area contributed by atoms with Gasteiger partial charge in [-0.2, -0.15) is 0 Å². The van der Waals surface area contributed by atoms with Crippen LogP contribution < -0.4 is 10.6 Å². The summed E-state index contributed by atoms with van der Waals surface area (Å²) in [5, 5.41) is 16.9. The van der Waals surface area contributed by atoms with E-state index in [4.69, 9.17) is 4.42 Å². The van der Waals surface area contributed by atoms with Gasteiger partial charge in [-0.1, -0.05) is 0 Å². The fourth-order valence-electron chi connectivity index (χ4n) is 1.50. The van der Waals surface area contributed by atoms with Crippen LogP contribution in [0, 0.1) is 0 Å². The first-order chi connectivity index (χ1) is 9.25. The largest absolute Gasteiger partial charge is 0.467 e. The molecule has 0 spiro atoms. The second-order valence-electron chi connectivity index (χ2n) is 3.90. The van der Waals surface area contributed by atoms with Crippen LogP contribution in [0.3, 0.4) is 0 Å². The number of amides is 2. The Balaban J connectivity index is 1.62. The number of urea groups is 1. The fourth-order valence-corrected chi connectivity index (χ4v) is 2.09. The van der Waals surface area contributed by atoms with Crippen LogP contribution in [0.4, 0.5) is 4.79 Å². The van der Waals surface area contributed by atoms with E-state index in [1.807, 2.05) is 5.38 Å². The zero-order chi connectivity index (χ0) is 13.5. The van der Waals surface area contributed by atoms with Gasteiger partial charge in [0, 0.05) is 18.3 Å². The van der Waals surface area contributed by atoms with Gasteiger partial charge < -0.3 is 20.2 Å². The van der Waals surface area contributed by atoms with Crippen molar-refractivity contribution in [1.29, 1.82) is 0 Å². The van der Waals surface area contributed by atoms with Crippen molar-refractivity contribution in [3.63, 3.8) is 0 Å². The molecule has 2 amide bonds. The van der Waals surface area contributed by atoms with Gasteiger partial charge in [0.05, 0.1) is 24.0 Å². The second kappa shape index (κ2) is 6.91. The first kappa shape index (κ1) is 13.6. The third-order valence-corrected chi connectivity index (χ3v) is 3.11. The molecule has 0 bridgehead atoms. The molecule has 19 heavy (non-hydrogen) atoms. The number of aromatic nitrogens is 1. The number of thiazole rings is 1. The fraction of sp³-hybridized carbons (Fsp3) is 0.333. The van der Waals surface area contributed by atoms with E-state index in [1.54, 1.807) is 17.6 Å². The Kier molecular flexibility index (Phi) is 4.93. The van der Waals surface area contributed by atoms with E-state index in [1.165, 1.54) is 17.6 Å². The van der Waals surface area contributed by atoms with E-state index >= 15 is 0 Å². The number of hydrogen-bond acceptors (Lipinski definition) is 5. The summed E-state index contributed by atoms with van der Waals surface area (Å²) < 4.78 is 5.03. The van der Waals surface area contributed by atoms with Crippen molar-refractivity contribution in [3.8, 4) is 0 Å². The topological polar surface area (TPSA) is 87.4 Å². The molecule has 0 saturated heterocycles. The molecule has 0 fully saturated rings. The SMILES string of the molecule is O=C(NCCc1cscn1)NCC(O)c1ccco1. The highest BCUT2D eigenvalue weighted by molar-refractivity contribution is 7.07. The summed E-state index contributed by atoms with van der Waals surface area (Å²) in [6, 6.07) is 3.03. The summed E-state index contributed by atoms with van der Waals surface area (Å²) in [7, 11) is 0. The number of aliphatic hydroxyl groups excluding tert-OH is 1. The van der Waals surface area contributed by atoms with Crippen molar-refractivity contribution >= 4 is 17.4 Å². The molecule has 102 valence electrons. The molecule has 0 radical (unpaired) electrons. The third kappa shape index (κ3) is 4.38. The Labute approximate surface area is 114 Å². The lowest BCUT2D eigenvalue weighted by molar-refractivity contribution is 0.148. The molecule has 1 atom stereocenters. The minimum atomic E-state index is -0.834. The predicted octanol–water partition coefficient (Wildman–Crippen LogP) is 1.31. The van der Waals surface area contributed by atoms with E-state index in [0.29, 0.717) is 18.7 Å². The average molecular weight is 281 g/mol. The van der Waals surface area contributed by atoms with Crippen molar-refractivity contribution in [2.75, 3.05) is 13.1 Å². The molecule has 2 rings (SSSR count). The van der Waals surface area contributed by atoms with Gasteiger partial charge in [0.25, 0.3) is 0 Å². The van der Waals surface area contributed by atoms with Crippen LogP contribution in [0.2, 0.25) is 0 Å². The van der Waals surface area contributed by atoms with Crippen LogP contribution in [0.5, 0.6) is 0 Å². The zero-order valence-electron chi connectivity index (χ0n) is 10.2. The number of hydrogen-bond donors (Lipinski definition) is 3. The number of aliphatic hydroxyl groups is 1. The highest BCUT2D eigenvalue weighted by atomic mass is 32.1. The molecular weight excluding hydrogens is 266 g/mol. The monoisotopic (exact) mass is 281 g/mol. The molecule has 0 aromatic carbocycles. The number of rotatable bonds is 6. The number of carbonyl (C=O) groups is 1. The van der Waals surface area contributed by atoms with E-state index in [0.717, 1.165) is 5.69 Å². The lowest BCUT2D eigenvalue weighted by Gasteiger charge is -2.10. The maximum Gasteiger partial charge on any atom is 0.314 e. The third-order valence-electron chi connectivity index (χ3n) is 2.48. The first-order valence-electron chi connectivity index (χ1n) is 5.86. The van der Waals surface area contributed by atoms with Crippen molar-refractivity contribution in [3.05, 3.63) is 40.7 Å². The molecule has 0 aliphatic carbocycles. The van der Waals surface area contributed by atoms with Gasteiger partial charge in [0.15, 0.2) is 0 Å². The molecule has 2 aromatic rings. The van der Waals surface area contributed by atoms with Crippen LogP contribution in [0.15, 0.2) is 33.7 Å². The van der Waals surface area contributed by atoms with E-state index in [9.17, 15) is 9.90 Å². The molecule has 7 heteroatoms. The van der Waals surface area contributed by atoms with E-state index in [-0.39, 0.29) is 12.6 Å². The average Bonchev–Trinajstić information content (AvgIpc) is 3.08. The number of carbonyl (C=O) groups excluding carboxylic acids is 1. The Morgan fingerprint density at radius 2 is 2.42 bits per heavy atom. The molecule has 6 nitrogen and oxygen atoms in total. The lowest BCUT2D eigenvalue weighted by atomic mass is 10.3. The molecule has 3 N–H and O–H groups in total. The van der Waals surface area contributed by atoms with Crippen LogP contribution in [0.1, 0.15) is 17.6 Å². The van der Waals surface area contributed by atoms with Crippen LogP contribution in [0.25, 0.3) is 0 Å². The van der Waals surface area contributed by atoms with Gasteiger partial charge in [-0.25, -0.2) is 9.78 Å². The normalized spacial score (nSPS) is 12.1. The van der Waals surface area contributed by atoms with Gasteiger partial charge in [-0.05, 0) is 12.1 Å². The molecule has 2 aromatic heterocycles. The number of nitrogens with zero attached hydrogens (tertiary/aromatic N) is 1. The van der Waals surface area contributed by atoms with Gasteiger partial charge >= 0.3 is 6.03 Å². The molecular formula is C12H15N3O3S. The van der Waals surface area contributed by atoms with Crippen LogP contribution >= 0.6 is 11.3 Å². The number of furan rings is 1. The summed E-state index contributed by atoms with van der Waals surface area (Å²) >= 11 is 1.53. The summed E-state index contributed by atoms with van der Waals surface area (Å²) in [5.74, 6) is 0.433. The highest BCUT2D eigenvalue weighted by Gasteiger charge is 2.11. The minimum Gasteiger partial charge on any atom is -0.467 e.